The molecule has 1 aromatic rings. The Labute approximate surface area is 136 Å². The van der Waals surface area contributed by atoms with Gasteiger partial charge in [0.1, 0.15) is 5.75 Å². The zero-order valence-electron chi connectivity index (χ0n) is 13.0. The minimum atomic E-state index is -3.43. The summed E-state index contributed by atoms with van der Waals surface area (Å²) in [5, 5.41) is 1.78. The van der Waals surface area contributed by atoms with Crippen molar-refractivity contribution in [3.63, 3.8) is 0 Å². The molecule has 124 valence electrons. The lowest BCUT2D eigenvalue weighted by atomic mass is 10.0. The fraction of sp³-hybridized carbons (Fsp3) is 0.733. The van der Waals surface area contributed by atoms with E-state index in [1.165, 1.54) is 37.7 Å². The molecule has 0 saturated carbocycles. The molecule has 0 amide bonds. The molecule has 3 rings (SSSR count). The van der Waals surface area contributed by atoms with Crippen LogP contribution in [0.3, 0.4) is 0 Å². The monoisotopic (exact) mass is 344 g/mol. The van der Waals surface area contributed by atoms with Crippen molar-refractivity contribution in [1.82, 2.24) is 9.21 Å². The molecule has 3 heterocycles. The van der Waals surface area contributed by atoms with E-state index in [2.05, 4.69) is 4.90 Å². The predicted molar refractivity (Wildman–Crippen MR) is 88.1 cm³/mol. The van der Waals surface area contributed by atoms with Crippen molar-refractivity contribution in [2.45, 2.75) is 42.4 Å². The molecule has 0 bridgehead atoms. The lowest BCUT2D eigenvalue weighted by Crippen LogP contribution is -2.50. The second-order valence-electron chi connectivity index (χ2n) is 6.03. The van der Waals surface area contributed by atoms with Gasteiger partial charge in [0.15, 0.2) is 4.21 Å². The number of methoxy groups -OCH3 is 1. The summed E-state index contributed by atoms with van der Waals surface area (Å²) < 4.78 is 33.0. The topological polar surface area (TPSA) is 49.9 Å². The number of ether oxygens (including phenoxy) is 1. The summed E-state index contributed by atoms with van der Waals surface area (Å²) in [6, 6.07) is 2.10. The van der Waals surface area contributed by atoms with Gasteiger partial charge in [-0.05, 0) is 50.2 Å². The highest BCUT2D eigenvalue weighted by atomic mass is 32.2. The van der Waals surface area contributed by atoms with E-state index in [4.69, 9.17) is 4.74 Å². The Bertz CT molecular complexity index is 594. The van der Waals surface area contributed by atoms with Gasteiger partial charge in [-0.15, -0.1) is 11.3 Å². The Kier molecular flexibility index (Phi) is 5.07. The van der Waals surface area contributed by atoms with E-state index >= 15 is 0 Å². The molecule has 0 radical (unpaired) electrons. The highest BCUT2D eigenvalue weighted by Crippen LogP contribution is 2.34. The molecule has 2 aliphatic heterocycles. The van der Waals surface area contributed by atoms with Crippen LogP contribution in [0.25, 0.3) is 0 Å². The van der Waals surface area contributed by atoms with E-state index in [1.807, 2.05) is 0 Å². The van der Waals surface area contributed by atoms with Crippen LogP contribution in [0.15, 0.2) is 15.7 Å². The van der Waals surface area contributed by atoms with Crippen molar-refractivity contribution in [3.8, 4) is 5.75 Å². The molecule has 1 aromatic heterocycles. The Morgan fingerprint density at radius 1 is 1.18 bits per heavy atom. The van der Waals surface area contributed by atoms with Gasteiger partial charge in [0.05, 0.1) is 7.11 Å². The summed E-state index contributed by atoms with van der Waals surface area (Å²) in [5.74, 6) is 0.463. The number of hydrogen-bond acceptors (Lipinski definition) is 5. The minimum absolute atomic E-state index is 0.342. The van der Waals surface area contributed by atoms with Crippen LogP contribution in [0.5, 0.6) is 5.75 Å². The summed E-state index contributed by atoms with van der Waals surface area (Å²) in [4.78, 5) is 2.48. The van der Waals surface area contributed by atoms with Crippen LogP contribution in [-0.2, 0) is 10.0 Å². The van der Waals surface area contributed by atoms with Gasteiger partial charge in [-0.2, -0.15) is 4.31 Å². The number of hydrogen-bond donors (Lipinski definition) is 0. The van der Waals surface area contributed by atoms with E-state index in [0.717, 1.165) is 25.9 Å². The summed E-state index contributed by atoms with van der Waals surface area (Å²) in [7, 11) is -1.91. The van der Waals surface area contributed by atoms with Crippen molar-refractivity contribution in [2.75, 3.05) is 33.3 Å². The summed E-state index contributed by atoms with van der Waals surface area (Å²) in [6.45, 7) is 3.46. The van der Waals surface area contributed by atoms with E-state index in [-0.39, 0.29) is 0 Å². The molecule has 5 nitrogen and oxygen atoms in total. The third-order valence-corrected chi connectivity index (χ3v) is 7.95. The summed E-state index contributed by atoms with van der Waals surface area (Å²) in [5.41, 5.74) is 0. The van der Waals surface area contributed by atoms with Gasteiger partial charge < -0.3 is 4.74 Å². The predicted octanol–water partition coefficient (Wildman–Crippen LogP) is 2.40. The molecule has 0 N–H and O–H groups in total. The molecule has 22 heavy (non-hydrogen) atoms. The molecule has 0 aliphatic carbocycles. The number of piperidine rings is 2. The fourth-order valence-corrected chi connectivity index (χ4v) is 6.39. The molecule has 0 aromatic carbocycles. The summed E-state index contributed by atoms with van der Waals surface area (Å²) in [6.07, 6.45) is 5.82. The maximum absolute atomic E-state index is 12.9. The first-order chi connectivity index (χ1) is 10.6. The van der Waals surface area contributed by atoms with E-state index in [0.29, 0.717) is 29.1 Å². The van der Waals surface area contributed by atoms with Crippen LogP contribution in [-0.4, -0.2) is 57.0 Å². The van der Waals surface area contributed by atoms with Crippen LogP contribution in [0.2, 0.25) is 0 Å². The molecule has 2 saturated heterocycles. The molecule has 2 fully saturated rings. The smallest absolute Gasteiger partial charge is 0.256 e. The Morgan fingerprint density at radius 2 is 1.95 bits per heavy atom. The number of likely N-dealkylation sites (tertiary alicyclic amines) is 1. The molecule has 1 atom stereocenters. The third-order valence-electron chi connectivity index (χ3n) is 4.66. The van der Waals surface area contributed by atoms with Crippen LogP contribution < -0.4 is 4.74 Å². The number of nitrogens with zero attached hydrogens (tertiary/aromatic N) is 2. The highest BCUT2D eigenvalue weighted by molar-refractivity contribution is 7.91. The van der Waals surface area contributed by atoms with Gasteiger partial charge in [0.2, 0.25) is 0 Å². The second kappa shape index (κ2) is 6.86. The molecular weight excluding hydrogens is 320 g/mol. The normalized spacial score (nSPS) is 25.2. The van der Waals surface area contributed by atoms with Crippen molar-refractivity contribution in [2.24, 2.45) is 0 Å². The van der Waals surface area contributed by atoms with Gasteiger partial charge in [-0.3, -0.25) is 4.90 Å². The molecule has 2 aliphatic rings. The average Bonchev–Trinajstić information content (AvgIpc) is 3.05. The van der Waals surface area contributed by atoms with E-state index in [1.54, 1.807) is 15.8 Å². The van der Waals surface area contributed by atoms with Crippen molar-refractivity contribution in [3.05, 3.63) is 11.4 Å². The molecule has 7 heteroatoms. The first-order valence-electron chi connectivity index (χ1n) is 7.98. The van der Waals surface area contributed by atoms with Crippen LogP contribution in [0.1, 0.15) is 32.1 Å². The van der Waals surface area contributed by atoms with Crippen LogP contribution in [0.4, 0.5) is 0 Å². The van der Waals surface area contributed by atoms with Crippen molar-refractivity contribution < 1.29 is 13.2 Å². The largest absolute Gasteiger partial charge is 0.494 e. The number of rotatable bonds is 4. The Hall–Kier alpha value is -0.630. The minimum Gasteiger partial charge on any atom is -0.494 e. The quantitative estimate of drug-likeness (QED) is 0.841. The zero-order chi connectivity index (χ0) is 15.6. The van der Waals surface area contributed by atoms with E-state index < -0.39 is 10.0 Å². The standard InChI is InChI=1S/C15H24N2O3S2/c1-20-14-7-11-21-15(14)22(18,19)17-10-5-6-13(12-17)16-8-3-2-4-9-16/h7,11,13H,2-6,8-10,12H2,1H3/t13-/m1/s1. The fourth-order valence-electron chi connectivity index (χ4n) is 3.46. The molecule has 0 unspecified atom stereocenters. The maximum Gasteiger partial charge on any atom is 0.256 e. The van der Waals surface area contributed by atoms with Gasteiger partial charge in [0.25, 0.3) is 10.0 Å². The third kappa shape index (κ3) is 3.18. The maximum atomic E-state index is 12.9. The van der Waals surface area contributed by atoms with Crippen molar-refractivity contribution in [1.29, 1.82) is 0 Å². The SMILES string of the molecule is COc1ccsc1S(=O)(=O)N1CCC[C@@H](N2CCCCC2)C1. The number of sulfonamides is 1. The molecular formula is C15H24N2O3S2. The van der Waals surface area contributed by atoms with Crippen LogP contribution in [0, 0.1) is 0 Å². The van der Waals surface area contributed by atoms with Gasteiger partial charge in [0, 0.05) is 19.1 Å². The lowest BCUT2D eigenvalue weighted by molar-refractivity contribution is 0.114. The zero-order valence-corrected chi connectivity index (χ0v) is 14.7. The average molecular weight is 345 g/mol. The first kappa shape index (κ1) is 16.2. The molecule has 0 spiro atoms. The van der Waals surface area contributed by atoms with Crippen molar-refractivity contribution >= 4 is 21.4 Å². The highest BCUT2D eigenvalue weighted by Gasteiger charge is 2.35. The first-order valence-corrected chi connectivity index (χ1v) is 10.3. The number of thiophene rings is 1. The summed E-state index contributed by atoms with van der Waals surface area (Å²) >= 11 is 1.24. The van der Waals surface area contributed by atoms with Gasteiger partial charge in [-0.1, -0.05) is 6.42 Å². The second-order valence-corrected chi connectivity index (χ2v) is 9.08. The lowest BCUT2D eigenvalue weighted by Gasteiger charge is -2.40. The van der Waals surface area contributed by atoms with Gasteiger partial charge in [-0.25, -0.2) is 8.42 Å². The Morgan fingerprint density at radius 3 is 2.68 bits per heavy atom. The van der Waals surface area contributed by atoms with Crippen LogP contribution >= 0.6 is 11.3 Å². The Balaban J connectivity index is 1.76. The van der Waals surface area contributed by atoms with E-state index in [9.17, 15) is 8.42 Å². The van der Waals surface area contributed by atoms with Gasteiger partial charge >= 0.3 is 0 Å².